The van der Waals surface area contributed by atoms with E-state index in [2.05, 4.69) is 0 Å². The molecule has 2 aromatic carbocycles. The maximum Gasteiger partial charge on any atom is 0.254 e. The standard InChI is InChI=1S/C19H19NO6/c1-20(10-12-3-4-14-15(7-12)26-11-25-14)19(21)13-8-16(22-2)18-17(9-13)23-5-6-24-18/h3-4,7-9H,5-6,10-11H2,1-2H3. The minimum Gasteiger partial charge on any atom is -0.493 e. The summed E-state index contributed by atoms with van der Waals surface area (Å²) in [5.74, 6) is 2.83. The smallest absolute Gasteiger partial charge is 0.254 e. The van der Waals surface area contributed by atoms with E-state index in [-0.39, 0.29) is 12.7 Å². The molecule has 0 bridgehead atoms. The summed E-state index contributed by atoms with van der Waals surface area (Å²) in [5, 5.41) is 0. The quantitative estimate of drug-likeness (QED) is 0.837. The van der Waals surface area contributed by atoms with Gasteiger partial charge in [0.25, 0.3) is 5.91 Å². The highest BCUT2D eigenvalue weighted by Crippen LogP contribution is 2.40. The lowest BCUT2D eigenvalue weighted by molar-refractivity contribution is 0.0783. The van der Waals surface area contributed by atoms with Crippen LogP contribution in [0.3, 0.4) is 0 Å². The van der Waals surface area contributed by atoms with Crippen LogP contribution in [-0.2, 0) is 6.54 Å². The molecule has 0 aliphatic carbocycles. The highest BCUT2D eigenvalue weighted by Gasteiger charge is 2.23. The van der Waals surface area contributed by atoms with Gasteiger partial charge in [0.2, 0.25) is 12.5 Å². The van der Waals surface area contributed by atoms with E-state index in [0.29, 0.717) is 48.3 Å². The lowest BCUT2D eigenvalue weighted by Gasteiger charge is -2.23. The zero-order valence-corrected chi connectivity index (χ0v) is 14.6. The van der Waals surface area contributed by atoms with Crippen molar-refractivity contribution in [3.05, 3.63) is 41.5 Å². The Hall–Kier alpha value is -3.09. The molecule has 0 atom stereocenters. The Kier molecular flexibility index (Phi) is 4.20. The predicted molar refractivity (Wildman–Crippen MR) is 92.3 cm³/mol. The molecule has 0 aromatic heterocycles. The van der Waals surface area contributed by atoms with Crippen LogP contribution >= 0.6 is 0 Å². The number of benzene rings is 2. The topological polar surface area (TPSA) is 66.5 Å². The lowest BCUT2D eigenvalue weighted by Crippen LogP contribution is -2.26. The number of carbonyl (C=O) groups is 1. The van der Waals surface area contributed by atoms with Gasteiger partial charge in [-0.15, -0.1) is 0 Å². The molecular formula is C19H19NO6. The molecule has 136 valence electrons. The van der Waals surface area contributed by atoms with E-state index >= 15 is 0 Å². The van der Waals surface area contributed by atoms with Gasteiger partial charge >= 0.3 is 0 Å². The van der Waals surface area contributed by atoms with Gasteiger partial charge in [-0.25, -0.2) is 0 Å². The number of rotatable bonds is 4. The van der Waals surface area contributed by atoms with E-state index in [1.54, 1.807) is 24.1 Å². The lowest BCUT2D eigenvalue weighted by atomic mass is 10.1. The second kappa shape index (κ2) is 6.67. The maximum absolute atomic E-state index is 12.9. The van der Waals surface area contributed by atoms with Crippen molar-refractivity contribution < 1.29 is 28.5 Å². The number of hydrogen-bond donors (Lipinski definition) is 0. The molecule has 0 spiro atoms. The molecule has 1 amide bonds. The van der Waals surface area contributed by atoms with E-state index in [1.165, 1.54) is 7.11 Å². The molecule has 2 aliphatic heterocycles. The van der Waals surface area contributed by atoms with Crippen LogP contribution in [0.15, 0.2) is 30.3 Å². The van der Waals surface area contributed by atoms with E-state index in [0.717, 1.165) is 11.3 Å². The van der Waals surface area contributed by atoms with E-state index < -0.39 is 0 Å². The molecule has 0 N–H and O–H groups in total. The van der Waals surface area contributed by atoms with Gasteiger partial charge in [0, 0.05) is 19.2 Å². The number of nitrogens with zero attached hydrogens (tertiary/aromatic N) is 1. The van der Waals surface area contributed by atoms with Gasteiger partial charge in [-0.1, -0.05) is 6.07 Å². The molecule has 0 saturated carbocycles. The Bertz CT molecular complexity index is 833. The monoisotopic (exact) mass is 357 g/mol. The zero-order valence-electron chi connectivity index (χ0n) is 14.6. The van der Waals surface area contributed by atoms with Crippen molar-refractivity contribution in [2.45, 2.75) is 6.54 Å². The molecule has 0 unspecified atom stereocenters. The van der Waals surface area contributed by atoms with Crippen LogP contribution < -0.4 is 23.7 Å². The van der Waals surface area contributed by atoms with Gasteiger partial charge in [0.1, 0.15) is 13.2 Å². The van der Waals surface area contributed by atoms with Crippen LogP contribution in [0.1, 0.15) is 15.9 Å². The van der Waals surface area contributed by atoms with Crippen molar-refractivity contribution >= 4 is 5.91 Å². The largest absolute Gasteiger partial charge is 0.493 e. The summed E-state index contributed by atoms with van der Waals surface area (Å²) in [5.41, 5.74) is 1.43. The first-order chi connectivity index (χ1) is 12.7. The first kappa shape index (κ1) is 16.4. The predicted octanol–water partition coefficient (Wildman–Crippen LogP) is 2.47. The Morgan fingerprint density at radius 2 is 1.85 bits per heavy atom. The van der Waals surface area contributed by atoms with E-state index in [4.69, 9.17) is 23.7 Å². The van der Waals surface area contributed by atoms with Crippen LogP contribution in [0, 0.1) is 0 Å². The minimum atomic E-state index is -0.141. The fraction of sp³-hybridized carbons (Fsp3) is 0.316. The summed E-state index contributed by atoms with van der Waals surface area (Å²) < 4.78 is 27.2. The zero-order chi connectivity index (χ0) is 18.1. The SMILES string of the molecule is COc1cc(C(=O)N(C)Cc2ccc3c(c2)OCO3)cc2c1OCCO2. The second-order valence-electron chi connectivity index (χ2n) is 6.05. The summed E-state index contributed by atoms with van der Waals surface area (Å²) in [6.07, 6.45) is 0. The van der Waals surface area contributed by atoms with E-state index in [1.807, 2.05) is 18.2 Å². The van der Waals surface area contributed by atoms with Gasteiger partial charge in [-0.3, -0.25) is 4.79 Å². The van der Waals surface area contributed by atoms with Crippen LogP contribution in [0.4, 0.5) is 0 Å². The third-order valence-electron chi connectivity index (χ3n) is 4.28. The van der Waals surface area contributed by atoms with Gasteiger partial charge in [0.05, 0.1) is 7.11 Å². The van der Waals surface area contributed by atoms with Gasteiger partial charge in [-0.05, 0) is 29.8 Å². The highest BCUT2D eigenvalue weighted by molar-refractivity contribution is 5.95. The van der Waals surface area contributed by atoms with Crippen molar-refractivity contribution in [1.29, 1.82) is 0 Å². The van der Waals surface area contributed by atoms with E-state index in [9.17, 15) is 4.79 Å². The number of hydrogen-bond acceptors (Lipinski definition) is 6. The maximum atomic E-state index is 12.9. The van der Waals surface area contributed by atoms with Crippen LogP contribution in [0.2, 0.25) is 0 Å². The average molecular weight is 357 g/mol. The summed E-state index contributed by atoms with van der Waals surface area (Å²) in [6, 6.07) is 9.02. The van der Waals surface area contributed by atoms with Crippen LogP contribution in [0.25, 0.3) is 0 Å². The average Bonchev–Trinajstić information content (AvgIpc) is 3.14. The molecule has 7 nitrogen and oxygen atoms in total. The molecule has 0 fully saturated rings. The Morgan fingerprint density at radius 3 is 2.69 bits per heavy atom. The fourth-order valence-corrected chi connectivity index (χ4v) is 3.00. The Labute approximate surface area is 151 Å². The summed E-state index contributed by atoms with van der Waals surface area (Å²) in [4.78, 5) is 14.5. The van der Waals surface area contributed by atoms with Crippen molar-refractivity contribution in [2.24, 2.45) is 0 Å². The first-order valence-corrected chi connectivity index (χ1v) is 8.27. The normalized spacial score (nSPS) is 14.1. The second-order valence-corrected chi connectivity index (χ2v) is 6.05. The van der Waals surface area contributed by atoms with Gasteiger partial charge in [0.15, 0.2) is 23.0 Å². The first-order valence-electron chi connectivity index (χ1n) is 8.27. The van der Waals surface area contributed by atoms with Gasteiger partial charge < -0.3 is 28.6 Å². The fourth-order valence-electron chi connectivity index (χ4n) is 3.00. The molecule has 0 saturated heterocycles. The minimum absolute atomic E-state index is 0.141. The molecule has 26 heavy (non-hydrogen) atoms. The Balaban J connectivity index is 1.55. The number of ether oxygens (including phenoxy) is 5. The molecule has 7 heteroatoms. The molecular weight excluding hydrogens is 338 g/mol. The van der Waals surface area contributed by atoms with Crippen LogP contribution in [-0.4, -0.2) is 45.0 Å². The number of carbonyl (C=O) groups excluding carboxylic acids is 1. The molecule has 2 aliphatic rings. The summed E-state index contributed by atoms with van der Waals surface area (Å²) >= 11 is 0. The number of amides is 1. The molecule has 4 rings (SSSR count). The number of methoxy groups -OCH3 is 1. The van der Waals surface area contributed by atoms with Crippen LogP contribution in [0.5, 0.6) is 28.7 Å². The van der Waals surface area contributed by atoms with Crippen molar-refractivity contribution in [3.63, 3.8) is 0 Å². The highest BCUT2D eigenvalue weighted by atomic mass is 16.7. The third kappa shape index (κ3) is 2.96. The summed E-state index contributed by atoms with van der Waals surface area (Å²) in [7, 11) is 3.29. The number of fused-ring (bicyclic) bond motifs is 2. The third-order valence-corrected chi connectivity index (χ3v) is 4.28. The molecule has 2 aromatic rings. The Morgan fingerprint density at radius 1 is 1.04 bits per heavy atom. The molecule has 2 heterocycles. The van der Waals surface area contributed by atoms with Crippen molar-refractivity contribution in [3.8, 4) is 28.7 Å². The van der Waals surface area contributed by atoms with Crippen molar-refractivity contribution in [2.75, 3.05) is 34.2 Å². The summed E-state index contributed by atoms with van der Waals surface area (Å²) in [6.45, 7) is 1.57. The van der Waals surface area contributed by atoms with Gasteiger partial charge in [-0.2, -0.15) is 0 Å². The molecule has 0 radical (unpaired) electrons. The van der Waals surface area contributed by atoms with Crippen molar-refractivity contribution in [1.82, 2.24) is 4.90 Å².